The molecule has 0 spiro atoms. The van der Waals surface area contributed by atoms with Crippen LogP contribution in [0.15, 0.2) is 0 Å². The molecule has 7 unspecified atom stereocenters. The van der Waals surface area contributed by atoms with Gasteiger partial charge in [0, 0.05) is 0 Å². The molecule has 6 N–H and O–H groups in total. The first kappa shape index (κ1) is 37.3. The van der Waals surface area contributed by atoms with Gasteiger partial charge in [0.15, 0.2) is 0 Å². The van der Waals surface area contributed by atoms with E-state index in [1.165, 1.54) is 0 Å². The Labute approximate surface area is 281 Å². The standard InChI is InChI=1S/C32H52O14Se/c1-3-15-9-17(29(39)43-19(15)4-2)13-41-27-23(35)21(11-33)45-31(25(27)37)47-32-26(38)28(24(36)22(12-34)46-32)42-14-18-10-16-7-5-6-8-20(16)44-30(18)40/h15-28,31-38H,3-14H2,1-2H3/t15?,16?,17?,18?,19?,20?,21-,22-,23+,24+,25-,26?,27+,28+,31+,32+/m1/s1. The van der Waals surface area contributed by atoms with Gasteiger partial charge in [0.05, 0.1) is 0 Å². The summed E-state index contributed by atoms with van der Waals surface area (Å²) >= 11 is -0.923. The molecule has 0 aromatic carbocycles. The Morgan fingerprint density at radius 1 is 0.702 bits per heavy atom. The molecule has 4 heterocycles. The third-order valence-electron chi connectivity index (χ3n) is 10.6. The Kier molecular flexibility index (Phi) is 13.4. The molecule has 4 aliphatic heterocycles. The molecule has 0 aromatic heterocycles. The Bertz CT molecular complexity index is 972. The van der Waals surface area contributed by atoms with Crippen molar-refractivity contribution in [2.24, 2.45) is 23.7 Å². The maximum absolute atomic E-state index is 12.7. The van der Waals surface area contributed by atoms with E-state index in [0.29, 0.717) is 19.3 Å². The quantitative estimate of drug-likeness (QED) is 0.103. The molecule has 0 radical (unpaired) electrons. The fourth-order valence-corrected chi connectivity index (χ4v) is 10.4. The molecule has 1 aliphatic carbocycles. The van der Waals surface area contributed by atoms with Crippen LogP contribution in [0.3, 0.4) is 0 Å². The second-order valence-corrected chi connectivity index (χ2v) is 16.1. The van der Waals surface area contributed by atoms with Crippen LogP contribution in [-0.2, 0) is 38.0 Å². The number of carbonyl (C=O) groups is 2. The summed E-state index contributed by atoms with van der Waals surface area (Å²) < 4.78 is 34.9. The fraction of sp³-hybridized carbons (Fsp3) is 0.938. The van der Waals surface area contributed by atoms with Crippen LogP contribution in [0, 0.1) is 23.7 Å². The summed E-state index contributed by atoms with van der Waals surface area (Å²) in [7, 11) is 0. The molecular formula is C32H52O14Se. The van der Waals surface area contributed by atoms with E-state index < -0.39 is 105 Å². The van der Waals surface area contributed by atoms with E-state index in [1.54, 1.807) is 0 Å². The second kappa shape index (κ2) is 16.8. The maximum atomic E-state index is 12.7. The molecule has 0 amide bonds. The predicted molar refractivity (Wildman–Crippen MR) is 163 cm³/mol. The molecule has 47 heavy (non-hydrogen) atoms. The van der Waals surface area contributed by atoms with Crippen molar-refractivity contribution in [3.63, 3.8) is 0 Å². The third kappa shape index (κ3) is 8.34. The van der Waals surface area contributed by atoms with Gasteiger partial charge in [0.2, 0.25) is 0 Å². The normalized spacial score (nSPS) is 46.0. The van der Waals surface area contributed by atoms with Gasteiger partial charge in [-0.25, -0.2) is 0 Å². The number of aliphatic hydroxyl groups is 6. The molecule has 0 aromatic rings. The molecular weight excluding hydrogens is 687 g/mol. The summed E-state index contributed by atoms with van der Waals surface area (Å²) in [4.78, 5) is 25.4. The number of cyclic esters (lactones) is 1. The average molecular weight is 740 g/mol. The van der Waals surface area contributed by atoms with Crippen LogP contribution in [-0.4, -0.2) is 155 Å². The van der Waals surface area contributed by atoms with Crippen molar-refractivity contribution in [2.75, 3.05) is 26.4 Å². The topological polar surface area (TPSA) is 211 Å². The van der Waals surface area contributed by atoms with Gasteiger partial charge in [-0.1, -0.05) is 0 Å². The van der Waals surface area contributed by atoms with Gasteiger partial charge < -0.3 is 0 Å². The molecule has 270 valence electrons. The van der Waals surface area contributed by atoms with E-state index in [2.05, 4.69) is 0 Å². The Balaban J connectivity index is 1.22. The summed E-state index contributed by atoms with van der Waals surface area (Å²) in [5, 5.41) is 62.3. The Hall–Kier alpha value is -0.941. The van der Waals surface area contributed by atoms with E-state index >= 15 is 0 Å². The van der Waals surface area contributed by atoms with E-state index in [1.807, 2.05) is 13.8 Å². The van der Waals surface area contributed by atoms with Gasteiger partial charge in [-0.3, -0.25) is 0 Å². The fourth-order valence-electron chi connectivity index (χ4n) is 7.69. The molecule has 5 fully saturated rings. The van der Waals surface area contributed by atoms with Crippen LogP contribution < -0.4 is 0 Å². The van der Waals surface area contributed by atoms with Crippen molar-refractivity contribution >= 4 is 26.9 Å². The molecule has 16 atom stereocenters. The number of hydrogen-bond donors (Lipinski definition) is 6. The zero-order chi connectivity index (χ0) is 33.8. The number of rotatable bonds is 12. The Morgan fingerprint density at radius 3 is 1.77 bits per heavy atom. The average Bonchev–Trinajstić information content (AvgIpc) is 3.07. The van der Waals surface area contributed by atoms with Crippen molar-refractivity contribution in [3.8, 4) is 0 Å². The van der Waals surface area contributed by atoms with E-state index in [4.69, 9.17) is 28.4 Å². The number of hydrogen-bond acceptors (Lipinski definition) is 14. The first-order valence-corrected chi connectivity index (χ1v) is 19.1. The summed E-state index contributed by atoms with van der Waals surface area (Å²) in [6.07, 6.45) is -3.99. The molecule has 5 rings (SSSR count). The minimum absolute atomic E-state index is 0.0771. The van der Waals surface area contributed by atoms with Crippen molar-refractivity contribution in [1.82, 2.24) is 0 Å². The van der Waals surface area contributed by atoms with Crippen molar-refractivity contribution < 1.29 is 68.6 Å². The molecule has 5 aliphatic rings. The summed E-state index contributed by atoms with van der Waals surface area (Å²) in [5.41, 5.74) is 0. The number of esters is 2. The minimum atomic E-state index is -1.42. The van der Waals surface area contributed by atoms with Crippen LogP contribution >= 0.6 is 0 Å². The van der Waals surface area contributed by atoms with Crippen LogP contribution in [0.4, 0.5) is 0 Å². The van der Waals surface area contributed by atoms with Gasteiger partial charge in [-0.15, -0.1) is 0 Å². The molecule has 0 bridgehead atoms. The number of ether oxygens (including phenoxy) is 6. The Morgan fingerprint density at radius 2 is 1.23 bits per heavy atom. The molecule has 14 nitrogen and oxygen atoms in total. The van der Waals surface area contributed by atoms with Gasteiger partial charge in [-0.2, -0.15) is 0 Å². The predicted octanol–water partition coefficient (Wildman–Crippen LogP) is -1.17. The van der Waals surface area contributed by atoms with Crippen molar-refractivity contribution in [3.05, 3.63) is 0 Å². The van der Waals surface area contributed by atoms with Crippen LogP contribution in [0.5, 0.6) is 0 Å². The van der Waals surface area contributed by atoms with E-state index in [-0.39, 0.29) is 43.2 Å². The summed E-state index contributed by atoms with van der Waals surface area (Å²) in [6, 6.07) is 0. The first-order valence-electron chi connectivity index (χ1n) is 17.1. The number of carbonyl (C=O) groups excluding carboxylic acids is 2. The van der Waals surface area contributed by atoms with E-state index in [0.717, 1.165) is 32.1 Å². The van der Waals surface area contributed by atoms with E-state index in [9.17, 15) is 40.2 Å². The van der Waals surface area contributed by atoms with Crippen molar-refractivity contribution in [1.29, 1.82) is 0 Å². The zero-order valence-corrected chi connectivity index (χ0v) is 28.8. The molecule has 15 heteroatoms. The van der Waals surface area contributed by atoms with Gasteiger partial charge in [-0.05, 0) is 0 Å². The van der Waals surface area contributed by atoms with Crippen LogP contribution in [0.1, 0.15) is 65.2 Å². The monoisotopic (exact) mass is 740 g/mol. The first-order chi connectivity index (χ1) is 22.6. The summed E-state index contributed by atoms with van der Waals surface area (Å²) in [6.45, 7) is 2.64. The van der Waals surface area contributed by atoms with Crippen LogP contribution in [0.25, 0.3) is 0 Å². The third-order valence-corrected chi connectivity index (χ3v) is 13.3. The second-order valence-electron chi connectivity index (χ2n) is 13.6. The number of aliphatic hydroxyl groups excluding tert-OH is 6. The molecule has 4 saturated heterocycles. The van der Waals surface area contributed by atoms with Crippen molar-refractivity contribution in [2.45, 2.75) is 136 Å². The number of fused-ring (bicyclic) bond motifs is 1. The summed E-state index contributed by atoms with van der Waals surface area (Å²) in [5.74, 6) is -1.47. The van der Waals surface area contributed by atoms with Gasteiger partial charge >= 0.3 is 282 Å². The van der Waals surface area contributed by atoms with Crippen LogP contribution in [0.2, 0.25) is 0 Å². The SMILES string of the molecule is CCC1CC(CO[C@H]2[C@@H](O)[C@@H](CO)O[C@@H]([Se][C@@H]3O[C@H](CO)[C@H](O)[C@H](OCC4CC5CCCCC5OC4=O)C3O)[C@@H]2O)C(=O)OC1CC. The van der Waals surface area contributed by atoms with Gasteiger partial charge in [0.1, 0.15) is 0 Å². The zero-order valence-electron chi connectivity index (χ0n) is 27.1. The van der Waals surface area contributed by atoms with Gasteiger partial charge in [0.25, 0.3) is 0 Å². The molecule has 1 saturated carbocycles.